The van der Waals surface area contributed by atoms with Gasteiger partial charge in [0.25, 0.3) is 11.2 Å². The largest absolute Gasteiger partial charge is 0.496 e. The van der Waals surface area contributed by atoms with Gasteiger partial charge in [0, 0.05) is 17.2 Å². The Morgan fingerprint density at radius 3 is 2.67 bits per heavy atom. The van der Waals surface area contributed by atoms with Crippen LogP contribution in [-0.4, -0.2) is 29.2 Å². The molecule has 0 saturated heterocycles. The maximum absolute atomic E-state index is 14.0. The third kappa shape index (κ3) is 4.52. The number of methoxy groups -OCH3 is 1. The first kappa shape index (κ1) is 26.1. The Hall–Kier alpha value is -4.57. The summed E-state index contributed by atoms with van der Waals surface area (Å²) in [7, 11) is 1.57. The Bertz CT molecular complexity index is 1870. The molecule has 198 valence electrons. The van der Waals surface area contributed by atoms with Crippen molar-refractivity contribution in [1.29, 1.82) is 0 Å². The molecule has 0 fully saturated rings. The Balaban J connectivity index is 1.80. The van der Waals surface area contributed by atoms with E-state index in [0.29, 0.717) is 31.9 Å². The molecule has 39 heavy (non-hydrogen) atoms. The van der Waals surface area contributed by atoms with Gasteiger partial charge in [-0.3, -0.25) is 19.5 Å². The monoisotopic (exact) mass is 543 g/mol. The molecule has 5 rings (SSSR count). The second-order valence-corrected chi connectivity index (χ2v) is 10.0. The van der Waals surface area contributed by atoms with Gasteiger partial charge in [-0.1, -0.05) is 53.8 Å². The Labute approximate surface area is 227 Å². The summed E-state index contributed by atoms with van der Waals surface area (Å²) in [5.41, 5.74) is 1.69. The van der Waals surface area contributed by atoms with Crippen molar-refractivity contribution >= 4 is 39.8 Å². The van der Waals surface area contributed by atoms with Gasteiger partial charge in [0.15, 0.2) is 4.80 Å². The number of nitrogens with zero attached hydrogens (tertiary/aromatic N) is 3. The fourth-order valence-electron chi connectivity index (χ4n) is 4.83. The van der Waals surface area contributed by atoms with E-state index >= 15 is 0 Å². The van der Waals surface area contributed by atoms with E-state index < -0.39 is 16.9 Å². The van der Waals surface area contributed by atoms with Crippen LogP contribution in [0, 0.1) is 17.0 Å². The third-order valence-corrected chi connectivity index (χ3v) is 7.67. The summed E-state index contributed by atoms with van der Waals surface area (Å²) in [4.78, 5) is 43.3. The molecule has 0 N–H and O–H groups in total. The number of hydrogen-bond acceptors (Lipinski definition) is 8. The number of fused-ring (bicyclic) bond motifs is 2. The topological polar surface area (TPSA) is 113 Å². The van der Waals surface area contributed by atoms with Crippen molar-refractivity contribution in [2.45, 2.75) is 26.8 Å². The normalized spacial score (nSPS) is 15.2. The summed E-state index contributed by atoms with van der Waals surface area (Å²) in [6.07, 6.45) is 1.77. The molecule has 0 aliphatic carbocycles. The van der Waals surface area contributed by atoms with Crippen molar-refractivity contribution in [2.24, 2.45) is 4.99 Å². The van der Waals surface area contributed by atoms with Gasteiger partial charge in [-0.25, -0.2) is 9.79 Å². The van der Waals surface area contributed by atoms with E-state index in [1.165, 1.54) is 22.0 Å². The first-order valence-electron chi connectivity index (χ1n) is 12.3. The minimum absolute atomic E-state index is 0.104. The first-order chi connectivity index (χ1) is 18.7. The third-order valence-electron chi connectivity index (χ3n) is 6.69. The van der Waals surface area contributed by atoms with Crippen LogP contribution in [0.3, 0.4) is 0 Å². The van der Waals surface area contributed by atoms with E-state index in [9.17, 15) is 19.7 Å². The first-order valence-corrected chi connectivity index (χ1v) is 13.1. The molecule has 0 spiro atoms. The number of nitro groups is 1. The quantitative estimate of drug-likeness (QED) is 0.205. The van der Waals surface area contributed by atoms with Gasteiger partial charge in [0.2, 0.25) is 0 Å². The molecule has 9 nitrogen and oxygen atoms in total. The van der Waals surface area contributed by atoms with Crippen LogP contribution in [0.5, 0.6) is 5.75 Å². The summed E-state index contributed by atoms with van der Waals surface area (Å²) in [6, 6.07) is 15.4. The minimum atomic E-state index is -0.948. The van der Waals surface area contributed by atoms with Gasteiger partial charge in [0.1, 0.15) is 5.75 Å². The predicted molar refractivity (Wildman–Crippen MR) is 149 cm³/mol. The number of rotatable bonds is 6. The highest BCUT2D eigenvalue weighted by Crippen LogP contribution is 2.34. The van der Waals surface area contributed by atoms with Crippen LogP contribution >= 0.6 is 11.3 Å². The molecule has 1 aromatic heterocycles. The lowest BCUT2D eigenvalue weighted by atomic mass is 9.94. The van der Waals surface area contributed by atoms with Gasteiger partial charge in [-0.2, -0.15) is 0 Å². The van der Waals surface area contributed by atoms with Crippen LogP contribution in [0.4, 0.5) is 5.69 Å². The highest BCUT2D eigenvalue weighted by Gasteiger charge is 2.34. The fourth-order valence-corrected chi connectivity index (χ4v) is 5.86. The summed E-state index contributed by atoms with van der Waals surface area (Å²) in [6.45, 7) is 5.12. The number of allylic oxidation sites excluding steroid dienone is 1. The molecule has 1 aliphatic heterocycles. The molecule has 10 heteroatoms. The minimum Gasteiger partial charge on any atom is -0.496 e. The standard InChI is InChI=1S/C29H25N3O6S/c1-5-38-28(34)25-17(3)30-29-31(26(25)19-11-10-16(2)22(14-19)32(35)36)27(33)24(39-29)15-21-20-9-7-6-8-18(20)12-13-23(21)37-4/h6-15,26H,5H2,1-4H3/b24-15+/t26-/m0/s1. The van der Waals surface area contributed by atoms with Gasteiger partial charge in [0.05, 0.1) is 40.5 Å². The number of benzene rings is 3. The maximum Gasteiger partial charge on any atom is 0.338 e. The van der Waals surface area contributed by atoms with Crippen LogP contribution in [0.25, 0.3) is 16.8 Å². The highest BCUT2D eigenvalue weighted by molar-refractivity contribution is 7.07. The maximum atomic E-state index is 14.0. The van der Waals surface area contributed by atoms with Gasteiger partial charge in [-0.05, 0) is 49.2 Å². The van der Waals surface area contributed by atoms with Gasteiger partial charge >= 0.3 is 5.97 Å². The van der Waals surface area contributed by atoms with Crippen LogP contribution < -0.4 is 19.6 Å². The molecule has 1 atom stereocenters. The molecular weight excluding hydrogens is 518 g/mol. The predicted octanol–water partition coefficient (Wildman–Crippen LogP) is 4.18. The molecule has 0 amide bonds. The van der Waals surface area contributed by atoms with Crippen LogP contribution in [0.1, 0.15) is 36.6 Å². The van der Waals surface area contributed by atoms with E-state index in [1.807, 2.05) is 36.4 Å². The van der Waals surface area contributed by atoms with Crippen molar-refractivity contribution in [3.8, 4) is 5.75 Å². The molecule has 2 heterocycles. The Morgan fingerprint density at radius 2 is 1.95 bits per heavy atom. The van der Waals surface area contributed by atoms with Crippen molar-refractivity contribution < 1.29 is 19.2 Å². The SMILES string of the molecule is CCOC(=O)C1=C(C)N=c2s/c(=C/c3c(OC)ccc4ccccc34)c(=O)n2[C@H]1c1ccc(C)c([N+](=O)[O-])c1. The second kappa shape index (κ2) is 10.3. The average molecular weight is 544 g/mol. The lowest BCUT2D eigenvalue weighted by Gasteiger charge is -2.24. The van der Waals surface area contributed by atoms with E-state index in [2.05, 4.69) is 4.99 Å². The summed E-state index contributed by atoms with van der Waals surface area (Å²) < 4.78 is 12.7. The number of aromatic nitrogens is 1. The molecule has 3 aromatic carbocycles. The highest BCUT2D eigenvalue weighted by atomic mass is 32.1. The number of aryl methyl sites for hydroxylation is 1. The lowest BCUT2D eigenvalue weighted by Crippen LogP contribution is -2.40. The molecule has 0 saturated carbocycles. The van der Waals surface area contributed by atoms with Gasteiger partial charge < -0.3 is 9.47 Å². The van der Waals surface area contributed by atoms with Crippen molar-refractivity contribution in [2.75, 3.05) is 13.7 Å². The molecule has 0 unspecified atom stereocenters. The average Bonchev–Trinajstić information content (AvgIpc) is 3.22. The summed E-state index contributed by atoms with van der Waals surface area (Å²) >= 11 is 1.18. The number of ether oxygens (including phenoxy) is 2. The number of esters is 1. The summed E-state index contributed by atoms with van der Waals surface area (Å²) in [5, 5.41) is 13.6. The zero-order valence-electron chi connectivity index (χ0n) is 21.8. The number of nitro benzene ring substituents is 1. The number of carbonyl (C=O) groups excluding carboxylic acids is 1. The number of thiazole rings is 1. The number of hydrogen-bond donors (Lipinski definition) is 0. The van der Waals surface area contributed by atoms with E-state index in [0.717, 1.165) is 16.3 Å². The molecule has 4 aromatic rings. The second-order valence-electron chi connectivity index (χ2n) is 9.01. The molecule has 0 radical (unpaired) electrons. The fraction of sp³-hybridized carbons (Fsp3) is 0.207. The zero-order valence-corrected chi connectivity index (χ0v) is 22.6. The zero-order chi connectivity index (χ0) is 27.8. The van der Waals surface area contributed by atoms with Crippen LogP contribution in [-0.2, 0) is 9.53 Å². The van der Waals surface area contributed by atoms with E-state index in [1.54, 1.807) is 46.1 Å². The van der Waals surface area contributed by atoms with Crippen LogP contribution in [0.15, 0.2) is 75.7 Å². The Morgan fingerprint density at radius 1 is 1.18 bits per heavy atom. The molecule has 1 aliphatic rings. The smallest absolute Gasteiger partial charge is 0.338 e. The lowest BCUT2D eigenvalue weighted by molar-refractivity contribution is -0.385. The number of carbonyl (C=O) groups is 1. The van der Waals surface area contributed by atoms with Crippen molar-refractivity contribution in [1.82, 2.24) is 4.57 Å². The van der Waals surface area contributed by atoms with Crippen molar-refractivity contribution in [3.63, 3.8) is 0 Å². The molecule has 0 bridgehead atoms. The van der Waals surface area contributed by atoms with Crippen LogP contribution in [0.2, 0.25) is 0 Å². The van der Waals surface area contributed by atoms with Gasteiger partial charge in [-0.15, -0.1) is 0 Å². The summed E-state index contributed by atoms with van der Waals surface area (Å²) in [5.74, 6) is -0.0226. The van der Waals surface area contributed by atoms with E-state index in [4.69, 9.17) is 9.47 Å². The van der Waals surface area contributed by atoms with E-state index in [-0.39, 0.29) is 23.4 Å². The van der Waals surface area contributed by atoms with Crippen molar-refractivity contribution in [3.05, 3.63) is 112 Å². The molecular formula is C29H25N3O6S. The Kier molecular flexibility index (Phi) is 6.88.